The predicted molar refractivity (Wildman–Crippen MR) is 112 cm³/mol. The number of carbonyl (C=O) groups is 2. The van der Waals surface area contributed by atoms with Crippen LogP contribution in [0, 0.1) is 11.7 Å². The zero-order chi connectivity index (χ0) is 22.0. The number of anilines is 2. The highest BCUT2D eigenvalue weighted by Gasteiger charge is 2.35. The summed E-state index contributed by atoms with van der Waals surface area (Å²) in [5.41, 5.74) is 1.21. The zero-order valence-corrected chi connectivity index (χ0v) is 17.0. The molecular formula is C22H21FN4O4. The van der Waals surface area contributed by atoms with Gasteiger partial charge in [-0.15, -0.1) is 0 Å². The third-order valence-corrected chi connectivity index (χ3v) is 5.14. The van der Waals surface area contributed by atoms with Gasteiger partial charge in [0.25, 0.3) is 0 Å². The molecule has 160 valence electrons. The molecule has 0 unspecified atom stereocenters. The number of hydrogen-bond donors (Lipinski definition) is 1. The molecule has 0 spiro atoms. The third kappa shape index (κ3) is 4.07. The summed E-state index contributed by atoms with van der Waals surface area (Å²) in [6, 6.07) is 11.2. The summed E-state index contributed by atoms with van der Waals surface area (Å²) in [7, 11) is 3.05. The minimum Gasteiger partial charge on any atom is -0.493 e. The van der Waals surface area contributed by atoms with Crippen molar-refractivity contribution < 1.29 is 23.5 Å². The molecule has 0 bridgehead atoms. The molecule has 1 fully saturated rings. The van der Waals surface area contributed by atoms with Crippen LogP contribution < -0.4 is 19.7 Å². The van der Waals surface area contributed by atoms with Gasteiger partial charge in [-0.2, -0.15) is 5.10 Å². The average molecular weight is 424 g/mol. The van der Waals surface area contributed by atoms with Crippen molar-refractivity contribution in [3.63, 3.8) is 0 Å². The Kier molecular flexibility index (Phi) is 5.57. The molecule has 0 aliphatic carbocycles. The van der Waals surface area contributed by atoms with Crippen LogP contribution in [0.3, 0.4) is 0 Å². The van der Waals surface area contributed by atoms with Gasteiger partial charge < -0.3 is 19.7 Å². The van der Waals surface area contributed by atoms with Crippen LogP contribution in [0.25, 0.3) is 5.69 Å². The van der Waals surface area contributed by atoms with Gasteiger partial charge in [0, 0.05) is 42.8 Å². The van der Waals surface area contributed by atoms with Crippen molar-refractivity contribution in [2.24, 2.45) is 5.92 Å². The number of carbonyl (C=O) groups excluding carboxylic acids is 2. The number of hydrogen-bond acceptors (Lipinski definition) is 5. The maximum absolute atomic E-state index is 14.4. The number of ether oxygens (including phenoxy) is 2. The Morgan fingerprint density at radius 3 is 2.65 bits per heavy atom. The highest BCUT2D eigenvalue weighted by Crippen LogP contribution is 2.34. The summed E-state index contributed by atoms with van der Waals surface area (Å²) in [5, 5.41) is 6.70. The van der Waals surface area contributed by atoms with Gasteiger partial charge in [0.15, 0.2) is 17.3 Å². The van der Waals surface area contributed by atoms with Gasteiger partial charge in [-0.05, 0) is 36.4 Å². The molecule has 2 amide bonds. The summed E-state index contributed by atoms with van der Waals surface area (Å²) >= 11 is 0. The molecule has 1 aliphatic heterocycles. The van der Waals surface area contributed by atoms with E-state index in [0.717, 1.165) is 0 Å². The fraction of sp³-hybridized carbons (Fsp3) is 0.227. The topological polar surface area (TPSA) is 85.7 Å². The number of halogens is 1. The molecule has 9 heteroatoms. The monoisotopic (exact) mass is 424 g/mol. The molecule has 4 rings (SSSR count). The van der Waals surface area contributed by atoms with Crippen LogP contribution >= 0.6 is 0 Å². The van der Waals surface area contributed by atoms with Crippen LogP contribution in [0.4, 0.5) is 15.8 Å². The molecule has 0 radical (unpaired) electrons. The lowest BCUT2D eigenvalue weighted by Gasteiger charge is -2.18. The first-order valence-electron chi connectivity index (χ1n) is 9.63. The van der Waals surface area contributed by atoms with Gasteiger partial charge >= 0.3 is 0 Å². The third-order valence-electron chi connectivity index (χ3n) is 5.14. The van der Waals surface area contributed by atoms with E-state index in [4.69, 9.17) is 9.47 Å². The summed E-state index contributed by atoms with van der Waals surface area (Å²) in [5.74, 6) is -0.554. The Morgan fingerprint density at radius 1 is 1.16 bits per heavy atom. The van der Waals surface area contributed by atoms with Crippen molar-refractivity contribution in [3.8, 4) is 17.2 Å². The number of aromatic nitrogens is 2. The Balaban J connectivity index is 1.46. The van der Waals surface area contributed by atoms with Crippen LogP contribution in [0.15, 0.2) is 54.9 Å². The van der Waals surface area contributed by atoms with E-state index in [1.54, 1.807) is 42.7 Å². The summed E-state index contributed by atoms with van der Waals surface area (Å²) in [4.78, 5) is 26.8. The van der Waals surface area contributed by atoms with Gasteiger partial charge in [-0.3, -0.25) is 9.59 Å². The Hall–Kier alpha value is -3.88. The van der Waals surface area contributed by atoms with Gasteiger partial charge in [-0.25, -0.2) is 9.07 Å². The van der Waals surface area contributed by atoms with Crippen LogP contribution in [-0.2, 0) is 9.59 Å². The van der Waals surface area contributed by atoms with Crippen molar-refractivity contribution in [2.75, 3.05) is 31.0 Å². The molecule has 3 aromatic rings. The standard InChI is InChI=1S/C22H21FN4O4/c1-30-19-7-5-16(12-20(19)31-2)26-13-14(10-21(26)28)22(29)25-15-4-6-18(17(23)11-15)27-9-3-8-24-27/h3-9,11-12,14H,10,13H2,1-2H3,(H,25,29)/t14-/m0/s1. The SMILES string of the molecule is COc1ccc(N2C[C@@H](C(=O)Nc3ccc(-n4cccn4)c(F)c3)CC2=O)cc1OC. The molecule has 2 heterocycles. The van der Waals surface area contributed by atoms with Gasteiger partial charge in [0.2, 0.25) is 11.8 Å². The summed E-state index contributed by atoms with van der Waals surface area (Å²) in [6.45, 7) is 0.216. The van der Waals surface area contributed by atoms with Crippen LogP contribution in [0.5, 0.6) is 11.5 Å². The minimum absolute atomic E-state index is 0.0635. The van der Waals surface area contributed by atoms with E-state index in [-0.39, 0.29) is 30.5 Å². The molecule has 1 atom stereocenters. The van der Waals surface area contributed by atoms with E-state index in [9.17, 15) is 14.0 Å². The van der Waals surface area contributed by atoms with Gasteiger partial charge in [0.05, 0.1) is 20.1 Å². The number of rotatable bonds is 6. The first-order chi connectivity index (χ1) is 15.0. The largest absolute Gasteiger partial charge is 0.493 e. The Morgan fingerprint density at radius 2 is 1.97 bits per heavy atom. The maximum atomic E-state index is 14.4. The van der Waals surface area contributed by atoms with E-state index in [1.807, 2.05) is 0 Å². The van der Waals surface area contributed by atoms with Crippen LogP contribution in [-0.4, -0.2) is 42.4 Å². The van der Waals surface area contributed by atoms with E-state index in [0.29, 0.717) is 22.9 Å². The second-order valence-corrected chi connectivity index (χ2v) is 7.05. The van der Waals surface area contributed by atoms with Crippen molar-refractivity contribution in [1.29, 1.82) is 0 Å². The lowest BCUT2D eigenvalue weighted by molar-refractivity contribution is -0.122. The first kappa shape index (κ1) is 20.4. The first-order valence-corrected chi connectivity index (χ1v) is 9.63. The smallest absolute Gasteiger partial charge is 0.229 e. The molecule has 2 aromatic carbocycles. The molecule has 1 aliphatic rings. The number of nitrogens with one attached hydrogen (secondary N) is 1. The van der Waals surface area contributed by atoms with Crippen LogP contribution in [0.2, 0.25) is 0 Å². The summed E-state index contributed by atoms with van der Waals surface area (Å²) < 4.78 is 26.3. The second-order valence-electron chi connectivity index (χ2n) is 7.05. The van der Waals surface area contributed by atoms with Crippen LogP contribution in [0.1, 0.15) is 6.42 Å². The highest BCUT2D eigenvalue weighted by molar-refractivity contribution is 6.03. The van der Waals surface area contributed by atoms with E-state index >= 15 is 0 Å². The zero-order valence-electron chi connectivity index (χ0n) is 17.0. The van der Waals surface area contributed by atoms with E-state index in [2.05, 4.69) is 10.4 Å². The molecule has 0 saturated carbocycles. The van der Waals surface area contributed by atoms with E-state index in [1.165, 1.54) is 35.9 Å². The van der Waals surface area contributed by atoms with Gasteiger partial charge in [0.1, 0.15) is 5.69 Å². The number of amides is 2. The molecule has 8 nitrogen and oxygen atoms in total. The Bertz CT molecular complexity index is 1120. The van der Waals surface area contributed by atoms with Crippen molar-refractivity contribution >= 4 is 23.2 Å². The fourth-order valence-corrected chi connectivity index (χ4v) is 3.55. The maximum Gasteiger partial charge on any atom is 0.229 e. The fourth-order valence-electron chi connectivity index (χ4n) is 3.55. The quantitative estimate of drug-likeness (QED) is 0.658. The van der Waals surface area contributed by atoms with Crippen molar-refractivity contribution in [2.45, 2.75) is 6.42 Å². The number of benzene rings is 2. The highest BCUT2D eigenvalue weighted by atomic mass is 19.1. The lowest BCUT2D eigenvalue weighted by atomic mass is 10.1. The normalized spacial score (nSPS) is 15.8. The molecule has 1 saturated heterocycles. The van der Waals surface area contributed by atoms with E-state index < -0.39 is 11.7 Å². The number of nitrogens with zero attached hydrogens (tertiary/aromatic N) is 3. The van der Waals surface area contributed by atoms with Crippen molar-refractivity contribution in [3.05, 3.63) is 60.7 Å². The Labute approximate surface area is 178 Å². The van der Waals surface area contributed by atoms with Crippen molar-refractivity contribution in [1.82, 2.24) is 9.78 Å². The summed E-state index contributed by atoms with van der Waals surface area (Å²) in [6.07, 6.45) is 3.24. The molecular weight excluding hydrogens is 403 g/mol. The number of methoxy groups -OCH3 is 2. The average Bonchev–Trinajstić information content (AvgIpc) is 3.43. The second kappa shape index (κ2) is 8.47. The lowest BCUT2D eigenvalue weighted by Crippen LogP contribution is -2.28. The predicted octanol–water partition coefficient (Wildman–Crippen LogP) is 3.02. The molecule has 31 heavy (non-hydrogen) atoms. The molecule has 1 aromatic heterocycles. The minimum atomic E-state index is -0.561. The van der Waals surface area contributed by atoms with Gasteiger partial charge in [-0.1, -0.05) is 0 Å². The molecule has 1 N–H and O–H groups in total.